The lowest BCUT2D eigenvalue weighted by atomic mass is 10.1. The zero-order valence-corrected chi connectivity index (χ0v) is 26.3. The molecule has 3 aromatic heterocycles. The van der Waals surface area contributed by atoms with E-state index < -0.39 is 0 Å². The number of fused-ring (bicyclic) bond motifs is 9. The van der Waals surface area contributed by atoms with Crippen LogP contribution in [0.3, 0.4) is 0 Å². The van der Waals surface area contributed by atoms with Crippen molar-refractivity contribution in [1.29, 1.82) is 0 Å². The SMILES string of the molecule is Brc1cccc(-n2c3ccccc3c3ccccc32)c1-n1c2ccccc2c2cc(-n3c4ccccc4c4ccccc43)ccc21. The summed E-state index contributed by atoms with van der Waals surface area (Å²) in [6.07, 6.45) is 0. The summed E-state index contributed by atoms with van der Waals surface area (Å²) in [5.74, 6) is 0. The van der Waals surface area contributed by atoms with Gasteiger partial charge in [-0.05, 0) is 76.6 Å². The molecule has 0 bridgehead atoms. The number of rotatable bonds is 3. The summed E-state index contributed by atoms with van der Waals surface area (Å²) >= 11 is 4.02. The van der Waals surface area contributed by atoms with Crippen LogP contribution in [-0.4, -0.2) is 13.7 Å². The Hall–Kier alpha value is -5.58. The molecule has 0 aliphatic heterocycles. The van der Waals surface area contributed by atoms with Crippen LogP contribution in [0.2, 0.25) is 0 Å². The highest BCUT2D eigenvalue weighted by Crippen LogP contribution is 2.41. The minimum absolute atomic E-state index is 1.04. The summed E-state index contributed by atoms with van der Waals surface area (Å²) < 4.78 is 8.29. The van der Waals surface area contributed by atoms with E-state index in [2.05, 4.69) is 187 Å². The molecule has 0 radical (unpaired) electrons. The minimum atomic E-state index is 1.04. The lowest BCUT2D eigenvalue weighted by molar-refractivity contribution is 1.09. The molecule has 46 heavy (non-hydrogen) atoms. The zero-order chi connectivity index (χ0) is 30.4. The van der Waals surface area contributed by atoms with E-state index >= 15 is 0 Å². The second-order valence-electron chi connectivity index (χ2n) is 11.9. The fraction of sp³-hybridized carbons (Fsp3) is 0. The Bertz CT molecular complexity index is 2720. The molecule has 0 atom stereocenters. The normalized spacial score (nSPS) is 12.0. The second kappa shape index (κ2) is 9.71. The van der Waals surface area contributed by atoms with Crippen molar-refractivity contribution >= 4 is 81.3 Å². The summed E-state index contributed by atoms with van der Waals surface area (Å²) in [5.41, 5.74) is 10.5. The van der Waals surface area contributed by atoms with E-state index in [1.165, 1.54) is 65.4 Å². The van der Waals surface area contributed by atoms with Gasteiger partial charge < -0.3 is 13.7 Å². The zero-order valence-electron chi connectivity index (χ0n) is 24.7. The van der Waals surface area contributed by atoms with Crippen LogP contribution in [0.1, 0.15) is 0 Å². The summed E-state index contributed by atoms with van der Waals surface area (Å²) in [6, 6.07) is 57.1. The highest BCUT2D eigenvalue weighted by molar-refractivity contribution is 9.10. The molecule has 3 heterocycles. The van der Waals surface area contributed by atoms with Gasteiger partial charge in [0.1, 0.15) is 0 Å². The minimum Gasteiger partial charge on any atom is -0.309 e. The van der Waals surface area contributed by atoms with E-state index in [0.717, 1.165) is 21.5 Å². The van der Waals surface area contributed by atoms with Crippen molar-refractivity contribution in [1.82, 2.24) is 13.7 Å². The lowest BCUT2D eigenvalue weighted by Crippen LogP contribution is -2.04. The van der Waals surface area contributed by atoms with Gasteiger partial charge in [0.2, 0.25) is 0 Å². The molecular formula is C42H26BrN3. The number of benzene rings is 7. The van der Waals surface area contributed by atoms with Crippen LogP contribution < -0.4 is 0 Å². The van der Waals surface area contributed by atoms with Crippen molar-refractivity contribution in [2.24, 2.45) is 0 Å². The molecule has 4 heteroatoms. The average molecular weight is 653 g/mol. The first-order chi connectivity index (χ1) is 22.8. The molecule has 0 N–H and O–H groups in total. The van der Waals surface area contributed by atoms with Crippen molar-refractivity contribution in [2.75, 3.05) is 0 Å². The Labute approximate surface area is 273 Å². The van der Waals surface area contributed by atoms with Gasteiger partial charge in [0.15, 0.2) is 0 Å². The van der Waals surface area contributed by atoms with Gasteiger partial charge >= 0.3 is 0 Å². The number of aromatic nitrogens is 3. The van der Waals surface area contributed by atoms with Crippen LogP contribution in [0.15, 0.2) is 162 Å². The monoisotopic (exact) mass is 651 g/mol. The van der Waals surface area contributed by atoms with Crippen molar-refractivity contribution in [3.8, 4) is 17.1 Å². The van der Waals surface area contributed by atoms with Crippen LogP contribution >= 0.6 is 15.9 Å². The summed E-state index contributed by atoms with van der Waals surface area (Å²) in [6.45, 7) is 0. The predicted molar refractivity (Wildman–Crippen MR) is 197 cm³/mol. The molecule has 0 amide bonds. The topological polar surface area (TPSA) is 14.8 Å². The molecular weight excluding hydrogens is 626 g/mol. The highest BCUT2D eigenvalue weighted by Gasteiger charge is 2.21. The van der Waals surface area contributed by atoms with Crippen LogP contribution in [0.25, 0.3) is 82.5 Å². The molecule has 0 saturated carbocycles. The molecule has 0 aliphatic rings. The van der Waals surface area contributed by atoms with Crippen molar-refractivity contribution in [2.45, 2.75) is 0 Å². The third-order valence-electron chi connectivity index (χ3n) is 9.50. The Balaban J connectivity index is 1.30. The summed E-state index contributed by atoms with van der Waals surface area (Å²) in [5, 5.41) is 7.49. The van der Waals surface area contributed by atoms with Gasteiger partial charge in [-0.25, -0.2) is 0 Å². The first-order valence-electron chi connectivity index (χ1n) is 15.6. The van der Waals surface area contributed by atoms with Gasteiger partial charge in [-0.1, -0.05) is 97.1 Å². The van der Waals surface area contributed by atoms with E-state index in [-0.39, 0.29) is 0 Å². The van der Waals surface area contributed by atoms with Gasteiger partial charge in [-0.2, -0.15) is 0 Å². The Morgan fingerprint density at radius 3 is 1.26 bits per heavy atom. The van der Waals surface area contributed by atoms with E-state index in [1.54, 1.807) is 0 Å². The molecule has 0 saturated heterocycles. The van der Waals surface area contributed by atoms with Gasteiger partial charge in [0.25, 0.3) is 0 Å². The first kappa shape index (κ1) is 25.7. The maximum absolute atomic E-state index is 4.02. The molecule has 7 aromatic carbocycles. The van der Waals surface area contributed by atoms with Gasteiger partial charge in [-0.15, -0.1) is 0 Å². The highest BCUT2D eigenvalue weighted by atomic mass is 79.9. The maximum Gasteiger partial charge on any atom is 0.0846 e. The summed E-state index contributed by atoms with van der Waals surface area (Å²) in [4.78, 5) is 0. The van der Waals surface area contributed by atoms with E-state index in [1.807, 2.05) is 0 Å². The van der Waals surface area contributed by atoms with Crippen LogP contribution in [0, 0.1) is 0 Å². The van der Waals surface area contributed by atoms with E-state index in [4.69, 9.17) is 0 Å². The molecule has 3 nitrogen and oxygen atoms in total. The number of para-hydroxylation sites is 6. The predicted octanol–water partition coefficient (Wildman–Crippen LogP) is 11.7. The lowest BCUT2D eigenvalue weighted by Gasteiger charge is -2.18. The Kier molecular flexibility index (Phi) is 5.43. The molecule has 10 rings (SSSR count). The summed E-state index contributed by atoms with van der Waals surface area (Å²) in [7, 11) is 0. The standard InChI is InChI=1S/C42H26BrN3/c43-34-17-11-23-41(45-37-20-8-3-14-30(37)31-15-4-9-21-38(31)45)42(34)46-39-22-10-5-16-32(39)33-26-27(24-25-40(33)46)44-35-18-6-1-12-28(35)29-13-2-7-19-36(29)44/h1-26H. The number of halogens is 1. The van der Waals surface area contributed by atoms with Crippen molar-refractivity contribution in [3.63, 3.8) is 0 Å². The molecule has 0 unspecified atom stereocenters. The first-order valence-corrected chi connectivity index (χ1v) is 16.4. The van der Waals surface area contributed by atoms with Crippen molar-refractivity contribution < 1.29 is 0 Å². The third kappa shape index (κ3) is 3.48. The molecule has 0 fully saturated rings. The fourth-order valence-electron chi connectivity index (χ4n) is 7.63. The van der Waals surface area contributed by atoms with Crippen molar-refractivity contribution in [3.05, 3.63) is 162 Å². The molecule has 216 valence electrons. The van der Waals surface area contributed by atoms with E-state index in [0.29, 0.717) is 0 Å². The van der Waals surface area contributed by atoms with Gasteiger partial charge in [0.05, 0.1) is 44.5 Å². The smallest absolute Gasteiger partial charge is 0.0846 e. The number of nitrogens with zero attached hydrogens (tertiary/aromatic N) is 3. The third-order valence-corrected chi connectivity index (χ3v) is 10.1. The average Bonchev–Trinajstić information content (AvgIpc) is 3.74. The quantitative estimate of drug-likeness (QED) is 0.180. The van der Waals surface area contributed by atoms with Crippen LogP contribution in [0.4, 0.5) is 0 Å². The van der Waals surface area contributed by atoms with E-state index in [9.17, 15) is 0 Å². The number of hydrogen-bond acceptors (Lipinski definition) is 0. The van der Waals surface area contributed by atoms with Crippen LogP contribution in [-0.2, 0) is 0 Å². The second-order valence-corrected chi connectivity index (χ2v) is 12.8. The van der Waals surface area contributed by atoms with Gasteiger partial charge in [-0.3, -0.25) is 0 Å². The molecule has 0 aliphatic carbocycles. The number of hydrogen-bond donors (Lipinski definition) is 0. The maximum atomic E-state index is 4.02. The molecule has 0 spiro atoms. The largest absolute Gasteiger partial charge is 0.309 e. The van der Waals surface area contributed by atoms with Crippen LogP contribution in [0.5, 0.6) is 0 Å². The van der Waals surface area contributed by atoms with Gasteiger partial charge in [0, 0.05) is 42.5 Å². The fourth-order valence-corrected chi connectivity index (χ4v) is 8.16. The Morgan fingerprint density at radius 1 is 0.326 bits per heavy atom. The molecule has 10 aromatic rings. The Morgan fingerprint density at radius 2 is 0.739 bits per heavy atom.